The minimum absolute atomic E-state index is 0.322. The van der Waals surface area contributed by atoms with Crippen LogP contribution in [-0.4, -0.2) is 32.2 Å². The summed E-state index contributed by atoms with van der Waals surface area (Å²) in [5, 5.41) is 13.1. The Labute approximate surface area is 157 Å². The molecule has 3 rings (SSSR count). The van der Waals surface area contributed by atoms with Crippen molar-refractivity contribution in [2.45, 2.75) is 13.3 Å². The molecule has 2 aromatic carbocycles. The highest BCUT2D eigenvalue weighted by Crippen LogP contribution is 2.24. The molecular weight excluding hydrogens is 375 g/mol. The molecule has 0 saturated heterocycles. The summed E-state index contributed by atoms with van der Waals surface area (Å²) in [6.07, 6.45) is -2.18. The maximum Gasteiger partial charge on any atom is 0.573 e. The first-order chi connectivity index (χ1) is 13.2. The molecule has 0 atom stereocenters. The van der Waals surface area contributed by atoms with Gasteiger partial charge in [0.05, 0.1) is 5.69 Å². The number of allylic oxidation sites excluding steroid dienone is 1. The fraction of sp³-hybridized carbons (Fsp3) is 0.105. The van der Waals surface area contributed by atoms with Crippen molar-refractivity contribution in [2.75, 3.05) is 0 Å². The molecule has 28 heavy (non-hydrogen) atoms. The summed E-state index contributed by atoms with van der Waals surface area (Å²) < 4.78 is 41.9. The Bertz CT molecular complexity index is 1010. The zero-order valence-corrected chi connectivity index (χ0v) is 14.5. The minimum atomic E-state index is -4.74. The van der Waals surface area contributed by atoms with Crippen LogP contribution in [0.5, 0.6) is 5.75 Å². The Kier molecular flexibility index (Phi) is 5.16. The number of ether oxygens (including phenoxy) is 1. The van der Waals surface area contributed by atoms with Crippen LogP contribution in [0.2, 0.25) is 0 Å². The van der Waals surface area contributed by atoms with E-state index in [0.717, 1.165) is 11.6 Å². The number of aromatic nitrogens is 3. The van der Waals surface area contributed by atoms with Gasteiger partial charge in [-0.05, 0) is 42.3 Å². The summed E-state index contributed by atoms with van der Waals surface area (Å²) in [6, 6.07) is 12.3. The molecule has 0 aliphatic carbocycles. The third-order valence-corrected chi connectivity index (χ3v) is 3.77. The number of alkyl halides is 3. The minimum Gasteiger partial charge on any atom is -0.478 e. The van der Waals surface area contributed by atoms with E-state index < -0.39 is 12.3 Å². The second-order valence-corrected chi connectivity index (χ2v) is 5.80. The SMILES string of the molecule is C/C(=C/C(=O)O)c1ccc(-c2ncn(-c3ccc(OC(F)(F)F)cc3)n2)cc1. The van der Waals surface area contributed by atoms with Gasteiger partial charge < -0.3 is 9.84 Å². The number of rotatable bonds is 5. The van der Waals surface area contributed by atoms with Crippen molar-refractivity contribution in [2.24, 2.45) is 0 Å². The van der Waals surface area contributed by atoms with Gasteiger partial charge >= 0.3 is 12.3 Å². The fourth-order valence-electron chi connectivity index (χ4n) is 2.47. The van der Waals surface area contributed by atoms with Gasteiger partial charge in [0.15, 0.2) is 5.82 Å². The number of carbonyl (C=O) groups is 1. The van der Waals surface area contributed by atoms with Gasteiger partial charge in [0.2, 0.25) is 0 Å². The first-order valence-electron chi connectivity index (χ1n) is 8.01. The second-order valence-electron chi connectivity index (χ2n) is 5.80. The Hall–Kier alpha value is -3.62. The molecule has 0 saturated carbocycles. The lowest BCUT2D eigenvalue weighted by Crippen LogP contribution is -2.17. The number of benzene rings is 2. The summed E-state index contributed by atoms with van der Waals surface area (Å²) in [4.78, 5) is 14.9. The molecule has 1 N–H and O–H groups in total. The molecule has 1 aromatic heterocycles. The van der Waals surface area contributed by atoms with Crippen molar-refractivity contribution in [3.8, 4) is 22.8 Å². The van der Waals surface area contributed by atoms with Crippen LogP contribution < -0.4 is 4.74 Å². The highest BCUT2D eigenvalue weighted by Gasteiger charge is 2.30. The lowest BCUT2D eigenvalue weighted by Gasteiger charge is -2.09. The Morgan fingerprint density at radius 2 is 1.75 bits per heavy atom. The largest absolute Gasteiger partial charge is 0.573 e. The van der Waals surface area contributed by atoms with E-state index in [2.05, 4.69) is 14.8 Å². The van der Waals surface area contributed by atoms with Crippen molar-refractivity contribution in [1.82, 2.24) is 14.8 Å². The lowest BCUT2D eigenvalue weighted by molar-refractivity contribution is -0.274. The van der Waals surface area contributed by atoms with Crippen LogP contribution in [0.25, 0.3) is 22.6 Å². The number of nitrogens with zero attached hydrogens (tertiary/aromatic N) is 3. The topological polar surface area (TPSA) is 77.2 Å². The number of hydrogen-bond acceptors (Lipinski definition) is 4. The molecule has 0 fully saturated rings. The van der Waals surface area contributed by atoms with E-state index in [1.165, 1.54) is 35.3 Å². The summed E-state index contributed by atoms with van der Waals surface area (Å²) in [5.74, 6) is -0.923. The molecule has 0 aliphatic heterocycles. The van der Waals surface area contributed by atoms with Crippen LogP contribution in [-0.2, 0) is 4.79 Å². The standard InChI is InChI=1S/C19H14F3N3O3/c1-12(10-17(26)27)13-2-4-14(5-3-13)18-23-11-25(24-18)15-6-8-16(9-7-15)28-19(20,21)22/h2-11H,1H3,(H,26,27)/b12-10-. The molecule has 6 nitrogen and oxygen atoms in total. The summed E-state index contributed by atoms with van der Waals surface area (Å²) in [5.41, 5.74) is 2.59. The second kappa shape index (κ2) is 7.55. The number of halogens is 3. The number of carboxylic acids is 1. The number of aliphatic carboxylic acids is 1. The van der Waals surface area contributed by atoms with E-state index in [4.69, 9.17) is 5.11 Å². The van der Waals surface area contributed by atoms with Crippen LogP contribution in [0.1, 0.15) is 12.5 Å². The molecule has 0 radical (unpaired) electrons. The van der Waals surface area contributed by atoms with Crippen LogP contribution in [0.15, 0.2) is 60.9 Å². The first kappa shape index (κ1) is 19.2. The molecule has 3 aromatic rings. The Morgan fingerprint density at radius 3 is 2.32 bits per heavy atom. The zero-order valence-electron chi connectivity index (χ0n) is 14.5. The highest BCUT2D eigenvalue weighted by atomic mass is 19.4. The Balaban J connectivity index is 1.78. The van der Waals surface area contributed by atoms with Gasteiger partial charge in [-0.25, -0.2) is 14.5 Å². The Morgan fingerprint density at radius 1 is 1.11 bits per heavy atom. The van der Waals surface area contributed by atoms with Crippen LogP contribution in [0.4, 0.5) is 13.2 Å². The molecule has 0 spiro atoms. The van der Waals surface area contributed by atoms with Crippen molar-refractivity contribution < 1.29 is 27.8 Å². The summed E-state index contributed by atoms with van der Waals surface area (Å²) >= 11 is 0. The van der Waals surface area contributed by atoms with Gasteiger partial charge in [0, 0.05) is 11.6 Å². The van der Waals surface area contributed by atoms with Crippen LogP contribution in [0, 0.1) is 0 Å². The highest BCUT2D eigenvalue weighted by molar-refractivity contribution is 5.89. The third-order valence-electron chi connectivity index (χ3n) is 3.77. The molecule has 0 aliphatic rings. The van der Waals surface area contributed by atoms with E-state index in [9.17, 15) is 18.0 Å². The lowest BCUT2D eigenvalue weighted by atomic mass is 10.0. The molecule has 9 heteroatoms. The van der Waals surface area contributed by atoms with Gasteiger partial charge in [-0.3, -0.25) is 0 Å². The number of hydrogen-bond donors (Lipinski definition) is 1. The van der Waals surface area contributed by atoms with E-state index in [1.54, 1.807) is 31.2 Å². The van der Waals surface area contributed by atoms with Gasteiger partial charge in [0.1, 0.15) is 12.1 Å². The average Bonchev–Trinajstić information content (AvgIpc) is 3.10. The maximum atomic E-state index is 12.2. The molecular formula is C19H14F3N3O3. The summed E-state index contributed by atoms with van der Waals surface area (Å²) in [6.45, 7) is 1.70. The molecule has 144 valence electrons. The van der Waals surface area contributed by atoms with Gasteiger partial charge in [-0.2, -0.15) is 0 Å². The molecule has 1 heterocycles. The fourth-order valence-corrected chi connectivity index (χ4v) is 2.47. The van der Waals surface area contributed by atoms with E-state index in [-0.39, 0.29) is 5.75 Å². The van der Waals surface area contributed by atoms with Crippen LogP contribution >= 0.6 is 0 Å². The third kappa shape index (κ3) is 4.76. The normalized spacial score (nSPS) is 12.1. The monoisotopic (exact) mass is 389 g/mol. The van der Waals surface area contributed by atoms with Crippen molar-refractivity contribution in [1.29, 1.82) is 0 Å². The van der Waals surface area contributed by atoms with Crippen LogP contribution in [0.3, 0.4) is 0 Å². The van der Waals surface area contributed by atoms with E-state index in [0.29, 0.717) is 22.6 Å². The van der Waals surface area contributed by atoms with E-state index in [1.807, 2.05) is 0 Å². The van der Waals surface area contributed by atoms with Gasteiger partial charge in [0.25, 0.3) is 0 Å². The smallest absolute Gasteiger partial charge is 0.478 e. The molecule has 0 amide bonds. The molecule has 0 unspecified atom stereocenters. The van der Waals surface area contributed by atoms with Crippen molar-refractivity contribution in [3.05, 3.63) is 66.5 Å². The van der Waals surface area contributed by atoms with Crippen molar-refractivity contribution in [3.63, 3.8) is 0 Å². The quantitative estimate of drug-likeness (QED) is 0.658. The number of carboxylic acid groups (broad SMARTS) is 1. The zero-order chi connectivity index (χ0) is 20.3. The maximum absolute atomic E-state index is 12.2. The van der Waals surface area contributed by atoms with Gasteiger partial charge in [-0.1, -0.05) is 24.3 Å². The first-order valence-corrected chi connectivity index (χ1v) is 8.01. The van der Waals surface area contributed by atoms with Gasteiger partial charge in [-0.15, -0.1) is 18.3 Å². The van der Waals surface area contributed by atoms with E-state index >= 15 is 0 Å². The predicted molar refractivity (Wildman–Crippen MR) is 94.8 cm³/mol. The van der Waals surface area contributed by atoms with Crippen molar-refractivity contribution >= 4 is 11.5 Å². The predicted octanol–water partition coefficient (Wildman–Crippen LogP) is 4.32. The molecule has 0 bridgehead atoms. The summed E-state index contributed by atoms with van der Waals surface area (Å²) in [7, 11) is 0. The average molecular weight is 389 g/mol.